The molecule has 1 aliphatic carbocycles. The van der Waals surface area contributed by atoms with Crippen LogP contribution in [-0.2, 0) is 14.6 Å². The van der Waals surface area contributed by atoms with Crippen molar-refractivity contribution in [3.63, 3.8) is 0 Å². The summed E-state index contributed by atoms with van der Waals surface area (Å²) in [4.78, 5) is 16.7. The Hall–Kier alpha value is -1.47. The summed E-state index contributed by atoms with van der Waals surface area (Å²) < 4.78 is 29.2. The Bertz CT molecular complexity index is 700. The van der Waals surface area contributed by atoms with Crippen LogP contribution < -0.4 is 5.32 Å². The first kappa shape index (κ1) is 16.4. The molecule has 7 heteroatoms. The molecular formula is C16H22N2O4S. The summed E-state index contributed by atoms with van der Waals surface area (Å²) in [7, 11) is -1.62. The van der Waals surface area contributed by atoms with Gasteiger partial charge in [-0.05, 0) is 43.2 Å². The van der Waals surface area contributed by atoms with Crippen LogP contribution in [0.1, 0.15) is 47.7 Å². The van der Waals surface area contributed by atoms with E-state index in [0.717, 1.165) is 18.4 Å². The second-order valence-corrected chi connectivity index (χ2v) is 8.66. The molecule has 6 nitrogen and oxygen atoms in total. The number of carbonyl (C=O) groups is 1. The first-order chi connectivity index (χ1) is 10.9. The van der Waals surface area contributed by atoms with Crippen molar-refractivity contribution in [2.75, 3.05) is 25.2 Å². The molecule has 1 aromatic heterocycles. The molecule has 1 N–H and O–H groups in total. The predicted molar refractivity (Wildman–Crippen MR) is 86.2 cm³/mol. The lowest BCUT2D eigenvalue weighted by Crippen LogP contribution is -2.52. The number of carbonyl (C=O) groups excluding carboxylic acids is 1. The number of aromatic nitrogens is 1. The Kier molecular flexibility index (Phi) is 4.42. The van der Waals surface area contributed by atoms with Gasteiger partial charge in [0.25, 0.3) is 5.91 Å². The number of pyridine rings is 1. The van der Waals surface area contributed by atoms with Crippen LogP contribution in [0.5, 0.6) is 0 Å². The van der Waals surface area contributed by atoms with Gasteiger partial charge in [-0.15, -0.1) is 0 Å². The maximum absolute atomic E-state index is 12.5. The van der Waals surface area contributed by atoms with E-state index in [0.29, 0.717) is 24.5 Å². The van der Waals surface area contributed by atoms with Crippen LogP contribution in [0, 0.1) is 0 Å². The predicted octanol–water partition coefficient (Wildman–Crippen LogP) is 1.28. The summed E-state index contributed by atoms with van der Waals surface area (Å²) in [5.74, 6) is 0.315. The molecule has 1 atom stereocenters. The van der Waals surface area contributed by atoms with E-state index in [1.54, 1.807) is 6.20 Å². The van der Waals surface area contributed by atoms with Crippen molar-refractivity contribution in [3.05, 3.63) is 29.6 Å². The Morgan fingerprint density at radius 1 is 1.48 bits per heavy atom. The van der Waals surface area contributed by atoms with E-state index in [-0.39, 0.29) is 24.0 Å². The Balaban J connectivity index is 1.71. The second-order valence-electron chi connectivity index (χ2n) is 6.48. The topological polar surface area (TPSA) is 85.4 Å². The molecule has 1 aliphatic heterocycles. The fraction of sp³-hybridized carbons (Fsp3) is 0.625. The highest BCUT2D eigenvalue weighted by atomic mass is 32.2. The van der Waals surface area contributed by atoms with E-state index in [9.17, 15) is 13.2 Å². The summed E-state index contributed by atoms with van der Waals surface area (Å²) in [6, 6.07) is 3.78. The number of nitrogens with zero attached hydrogens (tertiary/aromatic N) is 1. The normalized spacial score (nSPS) is 26.7. The molecule has 1 amide bonds. The van der Waals surface area contributed by atoms with Crippen molar-refractivity contribution in [1.82, 2.24) is 10.3 Å². The zero-order valence-electron chi connectivity index (χ0n) is 13.2. The Labute approximate surface area is 136 Å². The quantitative estimate of drug-likeness (QED) is 0.874. The largest absolute Gasteiger partial charge is 0.375 e. The average Bonchev–Trinajstić information content (AvgIpc) is 3.36. The molecule has 1 unspecified atom stereocenters. The SMILES string of the molecule is COC1(CNC(=O)c2ncccc2C2CC2)CCCS(=O)(=O)C1. The molecule has 0 spiro atoms. The molecule has 1 saturated heterocycles. The molecule has 1 saturated carbocycles. The number of ether oxygens (including phenoxy) is 1. The van der Waals surface area contributed by atoms with Crippen molar-refractivity contribution >= 4 is 15.7 Å². The average molecular weight is 338 g/mol. The van der Waals surface area contributed by atoms with Gasteiger partial charge in [0.15, 0.2) is 9.84 Å². The third-order valence-corrected chi connectivity index (χ3v) is 6.52. The van der Waals surface area contributed by atoms with Gasteiger partial charge < -0.3 is 10.1 Å². The van der Waals surface area contributed by atoms with Crippen molar-refractivity contribution in [2.45, 2.75) is 37.2 Å². The van der Waals surface area contributed by atoms with E-state index >= 15 is 0 Å². The lowest BCUT2D eigenvalue weighted by atomic mass is 9.99. The van der Waals surface area contributed by atoms with Crippen LogP contribution in [0.3, 0.4) is 0 Å². The van der Waals surface area contributed by atoms with Crippen molar-refractivity contribution in [2.24, 2.45) is 0 Å². The van der Waals surface area contributed by atoms with E-state index in [1.807, 2.05) is 12.1 Å². The molecule has 2 aliphatic rings. The van der Waals surface area contributed by atoms with E-state index in [1.165, 1.54) is 7.11 Å². The Morgan fingerprint density at radius 3 is 2.91 bits per heavy atom. The number of rotatable bonds is 5. The zero-order valence-corrected chi connectivity index (χ0v) is 14.1. The van der Waals surface area contributed by atoms with E-state index in [4.69, 9.17) is 4.74 Å². The minimum absolute atomic E-state index is 0.0471. The molecule has 3 rings (SSSR count). The van der Waals surface area contributed by atoms with Gasteiger partial charge in [0.05, 0.1) is 17.1 Å². The third-order valence-electron chi connectivity index (χ3n) is 4.65. The van der Waals surface area contributed by atoms with Crippen molar-refractivity contribution in [1.29, 1.82) is 0 Å². The fourth-order valence-electron chi connectivity index (χ4n) is 3.19. The summed E-state index contributed by atoms with van der Waals surface area (Å²) in [6.45, 7) is 0.183. The van der Waals surface area contributed by atoms with Gasteiger partial charge >= 0.3 is 0 Å². The van der Waals surface area contributed by atoms with Crippen LogP contribution in [-0.4, -0.2) is 50.1 Å². The molecule has 126 valence electrons. The van der Waals surface area contributed by atoms with Gasteiger partial charge in [-0.3, -0.25) is 9.78 Å². The summed E-state index contributed by atoms with van der Waals surface area (Å²) in [6.07, 6.45) is 4.97. The third kappa shape index (κ3) is 3.72. The maximum atomic E-state index is 12.5. The smallest absolute Gasteiger partial charge is 0.270 e. The van der Waals surface area contributed by atoms with Crippen LogP contribution >= 0.6 is 0 Å². The lowest BCUT2D eigenvalue weighted by Gasteiger charge is -2.35. The number of hydrogen-bond acceptors (Lipinski definition) is 5. The van der Waals surface area contributed by atoms with Gasteiger partial charge in [0.1, 0.15) is 5.69 Å². The number of amides is 1. The molecule has 0 aromatic carbocycles. The van der Waals surface area contributed by atoms with Gasteiger partial charge in [-0.1, -0.05) is 6.07 Å². The first-order valence-electron chi connectivity index (χ1n) is 7.93. The number of nitrogens with one attached hydrogen (secondary N) is 1. The lowest BCUT2D eigenvalue weighted by molar-refractivity contribution is -0.000156. The highest BCUT2D eigenvalue weighted by molar-refractivity contribution is 7.91. The highest BCUT2D eigenvalue weighted by Gasteiger charge is 2.40. The number of sulfone groups is 1. The molecule has 23 heavy (non-hydrogen) atoms. The van der Waals surface area contributed by atoms with Crippen molar-refractivity contribution in [3.8, 4) is 0 Å². The zero-order chi connectivity index (χ0) is 16.5. The summed E-state index contributed by atoms with van der Waals surface area (Å²) >= 11 is 0. The van der Waals surface area contributed by atoms with Crippen LogP contribution in [0.15, 0.2) is 18.3 Å². The van der Waals surface area contributed by atoms with E-state index in [2.05, 4.69) is 10.3 Å². The molecule has 2 fully saturated rings. The first-order valence-corrected chi connectivity index (χ1v) is 9.76. The second kappa shape index (κ2) is 6.20. The summed E-state index contributed by atoms with van der Waals surface area (Å²) in [5.41, 5.74) is 0.592. The minimum Gasteiger partial charge on any atom is -0.375 e. The van der Waals surface area contributed by atoms with Crippen LogP contribution in [0.2, 0.25) is 0 Å². The van der Waals surface area contributed by atoms with Crippen molar-refractivity contribution < 1.29 is 17.9 Å². The van der Waals surface area contributed by atoms with Gasteiger partial charge in [0, 0.05) is 19.9 Å². The van der Waals surface area contributed by atoms with Gasteiger partial charge in [-0.25, -0.2) is 8.42 Å². The molecular weight excluding hydrogens is 316 g/mol. The minimum atomic E-state index is -3.12. The van der Waals surface area contributed by atoms with Crippen LogP contribution in [0.4, 0.5) is 0 Å². The molecule has 1 aromatic rings. The maximum Gasteiger partial charge on any atom is 0.270 e. The molecule has 2 heterocycles. The molecule has 0 radical (unpaired) electrons. The monoisotopic (exact) mass is 338 g/mol. The number of methoxy groups -OCH3 is 1. The van der Waals surface area contributed by atoms with E-state index < -0.39 is 15.4 Å². The molecule has 0 bridgehead atoms. The van der Waals surface area contributed by atoms with Gasteiger partial charge in [0.2, 0.25) is 0 Å². The van der Waals surface area contributed by atoms with Gasteiger partial charge in [-0.2, -0.15) is 0 Å². The highest BCUT2D eigenvalue weighted by Crippen LogP contribution is 2.41. The summed E-state index contributed by atoms with van der Waals surface area (Å²) in [5, 5.41) is 2.83. The standard InChI is InChI=1S/C16H22N2O4S/c1-22-16(7-3-9-23(20,21)11-16)10-18-15(19)14-13(12-5-6-12)4-2-8-17-14/h2,4,8,12H,3,5-7,9-11H2,1H3,(H,18,19). The Morgan fingerprint density at radius 2 is 2.26 bits per heavy atom. The van der Waals surface area contributed by atoms with Crippen LogP contribution in [0.25, 0.3) is 0 Å². The fourth-order valence-corrected chi connectivity index (χ4v) is 5.08. The number of hydrogen-bond donors (Lipinski definition) is 1.